The third kappa shape index (κ3) is 4.55. The normalized spacial score (nSPS) is 14.9. The minimum atomic E-state index is -3.67. The Bertz CT molecular complexity index is 925. The van der Waals surface area contributed by atoms with Gasteiger partial charge >= 0.3 is 0 Å². The summed E-state index contributed by atoms with van der Waals surface area (Å²) in [6, 6.07) is 8.90. The zero-order valence-corrected chi connectivity index (χ0v) is 15.2. The molecule has 9 heteroatoms. The van der Waals surface area contributed by atoms with E-state index in [0.29, 0.717) is 18.8 Å². The van der Waals surface area contributed by atoms with Crippen LogP contribution in [0.15, 0.2) is 47.4 Å². The number of phenols is 1. The van der Waals surface area contributed by atoms with E-state index in [1.165, 1.54) is 46.8 Å². The summed E-state index contributed by atoms with van der Waals surface area (Å²) in [7, 11) is -3.67. The Morgan fingerprint density at radius 1 is 1.15 bits per heavy atom. The number of halogens is 1. The van der Waals surface area contributed by atoms with E-state index in [2.05, 4.69) is 5.32 Å². The number of amides is 1. The Kier molecular flexibility index (Phi) is 5.62. The van der Waals surface area contributed by atoms with Gasteiger partial charge in [0, 0.05) is 13.1 Å². The van der Waals surface area contributed by atoms with E-state index in [-0.39, 0.29) is 22.9 Å². The number of carbonyl (C=O) groups is 1. The minimum Gasteiger partial charge on any atom is -0.506 e. The molecule has 0 aliphatic carbocycles. The molecule has 2 N–H and O–H groups in total. The molecule has 144 valence electrons. The molecule has 7 nitrogen and oxygen atoms in total. The van der Waals surface area contributed by atoms with Crippen molar-refractivity contribution in [3.05, 3.63) is 48.3 Å². The highest BCUT2D eigenvalue weighted by Gasteiger charge is 2.27. The number of nitrogens with zero attached hydrogens (tertiary/aromatic N) is 1. The molecule has 0 aromatic heterocycles. The molecule has 1 amide bonds. The number of aromatic hydroxyl groups is 1. The van der Waals surface area contributed by atoms with Crippen molar-refractivity contribution in [1.82, 2.24) is 4.31 Å². The van der Waals surface area contributed by atoms with Gasteiger partial charge in [0.25, 0.3) is 5.91 Å². The SMILES string of the molecule is O=C(COc1ccc(F)cc1)Nc1cc(S(=O)(=O)N2CCCC2)ccc1O. The number of rotatable bonds is 6. The zero-order valence-electron chi connectivity index (χ0n) is 14.4. The van der Waals surface area contributed by atoms with E-state index in [1.54, 1.807) is 0 Å². The van der Waals surface area contributed by atoms with Gasteiger partial charge in [-0.25, -0.2) is 12.8 Å². The molecule has 1 aliphatic heterocycles. The van der Waals surface area contributed by atoms with Gasteiger partial charge in [0.1, 0.15) is 17.3 Å². The summed E-state index contributed by atoms with van der Waals surface area (Å²) in [5.74, 6) is -0.968. The second-order valence-electron chi connectivity index (χ2n) is 6.08. The highest BCUT2D eigenvalue weighted by atomic mass is 32.2. The first-order chi connectivity index (χ1) is 12.9. The van der Waals surface area contributed by atoms with Gasteiger partial charge in [-0.3, -0.25) is 4.79 Å². The summed E-state index contributed by atoms with van der Waals surface area (Å²) >= 11 is 0. The van der Waals surface area contributed by atoms with Crippen LogP contribution in [0.5, 0.6) is 11.5 Å². The standard InChI is InChI=1S/C18H19FN2O5S/c19-13-3-5-14(6-4-13)26-12-18(23)20-16-11-15(7-8-17(16)22)27(24,25)21-9-1-2-10-21/h3-8,11,22H,1-2,9-10,12H2,(H,20,23). The fraction of sp³-hybridized carbons (Fsp3) is 0.278. The average molecular weight is 394 g/mol. The molecular formula is C18H19FN2O5S. The lowest BCUT2D eigenvalue weighted by atomic mass is 10.3. The van der Waals surface area contributed by atoms with Gasteiger partial charge in [-0.2, -0.15) is 4.31 Å². The van der Waals surface area contributed by atoms with Gasteiger partial charge in [0.05, 0.1) is 10.6 Å². The van der Waals surface area contributed by atoms with E-state index < -0.39 is 21.7 Å². The summed E-state index contributed by atoms with van der Waals surface area (Å²) in [6.07, 6.45) is 1.61. The van der Waals surface area contributed by atoms with Crippen molar-refractivity contribution < 1.29 is 27.4 Å². The molecular weight excluding hydrogens is 375 g/mol. The largest absolute Gasteiger partial charge is 0.506 e. The van der Waals surface area contributed by atoms with Crippen LogP contribution in [0.2, 0.25) is 0 Å². The minimum absolute atomic E-state index is 0.00282. The van der Waals surface area contributed by atoms with Crippen LogP contribution in [0, 0.1) is 5.82 Å². The zero-order chi connectivity index (χ0) is 19.4. The molecule has 0 radical (unpaired) electrons. The number of hydrogen-bond acceptors (Lipinski definition) is 5. The average Bonchev–Trinajstić information content (AvgIpc) is 3.18. The van der Waals surface area contributed by atoms with Gasteiger partial charge in [-0.15, -0.1) is 0 Å². The van der Waals surface area contributed by atoms with Crippen LogP contribution in [0.25, 0.3) is 0 Å². The number of ether oxygens (including phenoxy) is 1. The molecule has 27 heavy (non-hydrogen) atoms. The first-order valence-electron chi connectivity index (χ1n) is 8.37. The van der Waals surface area contributed by atoms with E-state index in [1.807, 2.05) is 0 Å². The summed E-state index contributed by atoms with van der Waals surface area (Å²) in [6.45, 7) is 0.529. The van der Waals surface area contributed by atoms with Crippen LogP contribution < -0.4 is 10.1 Å². The second-order valence-corrected chi connectivity index (χ2v) is 8.02. The first-order valence-corrected chi connectivity index (χ1v) is 9.82. The summed E-state index contributed by atoms with van der Waals surface area (Å²) in [4.78, 5) is 12.0. The highest BCUT2D eigenvalue weighted by molar-refractivity contribution is 7.89. The molecule has 0 unspecified atom stereocenters. The second kappa shape index (κ2) is 7.93. The van der Waals surface area contributed by atoms with E-state index >= 15 is 0 Å². The van der Waals surface area contributed by atoms with Crippen LogP contribution in [0.4, 0.5) is 10.1 Å². The van der Waals surface area contributed by atoms with Crippen LogP contribution in [-0.4, -0.2) is 43.4 Å². The number of benzene rings is 2. The quantitative estimate of drug-likeness (QED) is 0.733. The number of sulfonamides is 1. The summed E-state index contributed by atoms with van der Waals surface area (Å²) in [5, 5.41) is 12.3. The van der Waals surface area contributed by atoms with Gasteiger partial charge in [0.15, 0.2) is 6.61 Å². The molecule has 1 saturated heterocycles. The molecule has 0 saturated carbocycles. The van der Waals surface area contributed by atoms with E-state index in [0.717, 1.165) is 12.8 Å². The maximum atomic E-state index is 12.8. The third-order valence-corrected chi connectivity index (χ3v) is 6.02. The van der Waals surface area contributed by atoms with Crippen molar-refractivity contribution >= 4 is 21.6 Å². The number of anilines is 1. The Morgan fingerprint density at radius 3 is 2.48 bits per heavy atom. The Hall–Kier alpha value is -2.65. The topological polar surface area (TPSA) is 95.9 Å². The summed E-state index contributed by atoms with van der Waals surface area (Å²) < 4.78 is 44.6. The molecule has 0 bridgehead atoms. The number of hydrogen-bond donors (Lipinski definition) is 2. The Labute approximate surface area is 156 Å². The lowest BCUT2D eigenvalue weighted by molar-refractivity contribution is -0.118. The molecule has 0 spiro atoms. The number of nitrogens with one attached hydrogen (secondary N) is 1. The van der Waals surface area contributed by atoms with Crippen LogP contribution in [-0.2, 0) is 14.8 Å². The van der Waals surface area contributed by atoms with E-state index in [4.69, 9.17) is 4.74 Å². The molecule has 0 atom stereocenters. The van der Waals surface area contributed by atoms with Crippen LogP contribution in [0.1, 0.15) is 12.8 Å². The predicted molar refractivity (Wildman–Crippen MR) is 96.6 cm³/mol. The van der Waals surface area contributed by atoms with Gasteiger partial charge in [-0.1, -0.05) is 0 Å². The molecule has 2 aromatic carbocycles. The highest BCUT2D eigenvalue weighted by Crippen LogP contribution is 2.29. The van der Waals surface area contributed by atoms with Crippen LogP contribution in [0.3, 0.4) is 0 Å². The molecule has 1 fully saturated rings. The third-order valence-electron chi connectivity index (χ3n) is 4.13. The fourth-order valence-electron chi connectivity index (χ4n) is 2.72. The van der Waals surface area contributed by atoms with Crippen molar-refractivity contribution in [2.24, 2.45) is 0 Å². The number of carbonyl (C=O) groups excluding carboxylic acids is 1. The molecule has 1 heterocycles. The molecule has 2 aromatic rings. The van der Waals surface area contributed by atoms with Crippen LogP contribution >= 0.6 is 0 Å². The number of phenolic OH excluding ortho intramolecular Hbond substituents is 1. The van der Waals surface area contributed by atoms with Crippen molar-refractivity contribution in [3.8, 4) is 11.5 Å². The van der Waals surface area contributed by atoms with Gasteiger partial charge in [0.2, 0.25) is 10.0 Å². The lowest BCUT2D eigenvalue weighted by Crippen LogP contribution is -2.28. The van der Waals surface area contributed by atoms with Crippen molar-refractivity contribution in [3.63, 3.8) is 0 Å². The molecule has 3 rings (SSSR count). The van der Waals surface area contributed by atoms with Crippen molar-refractivity contribution in [2.75, 3.05) is 25.0 Å². The van der Waals surface area contributed by atoms with Gasteiger partial charge in [-0.05, 0) is 55.3 Å². The van der Waals surface area contributed by atoms with E-state index in [9.17, 15) is 22.7 Å². The maximum absolute atomic E-state index is 12.8. The Balaban J connectivity index is 1.68. The van der Waals surface area contributed by atoms with Crippen molar-refractivity contribution in [1.29, 1.82) is 0 Å². The maximum Gasteiger partial charge on any atom is 0.262 e. The predicted octanol–water partition coefficient (Wildman–Crippen LogP) is 2.33. The lowest BCUT2D eigenvalue weighted by Gasteiger charge is -2.16. The monoisotopic (exact) mass is 394 g/mol. The van der Waals surface area contributed by atoms with Crippen molar-refractivity contribution in [2.45, 2.75) is 17.7 Å². The smallest absolute Gasteiger partial charge is 0.262 e. The van der Waals surface area contributed by atoms with Gasteiger partial charge < -0.3 is 15.2 Å². The fourth-order valence-corrected chi connectivity index (χ4v) is 4.26. The first kappa shape index (κ1) is 19.1. The molecule has 1 aliphatic rings. The Morgan fingerprint density at radius 2 is 1.81 bits per heavy atom. The summed E-state index contributed by atoms with van der Waals surface area (Å²) in [5.41, 5.74) is -0.0250.